The van der Waals surface area contributed by atoms with Crippen molar-refractivity contribution in [1.29, 1.82) is 5.26 Å². The van der Waals surface area contributed by atoms with Gasteiger partial charge in [0, 0.05) is 6.54 Å². The molecular weight excluding hydrogens is 112 g/mol. The molecule has 0 aromatic heterocycles. The number of hydrogen-bond donors (Lipinski definition) is 1. The molecule has 0 spiro atoms. The fraction of sp³-hybridized carbons (Fsp3) is 0.857. The smallest absolute Gasteiger partial charge is 0.0697 e. The van der Waals surface area contributed by atoms with Crippen LogP contribution in [0.5, 0.6) is 0 Å². The van der Waals surface area contributed by atoms with Gasteiger partial charge in [0.25, 0.3) is 0 Å². The topological polar surface area (TPSA) is 35.8 Å². The second kappa shape index (κ2) is 3.47. The van der Waals surface area contributed by atoms with Gasteiger partial charge in [-0.15, -0.1) is 0 Å². The summed E-state index contributed by atoms with van der Waals surface area (Å²) < 4.78 is 0. The first-order chi connectivity index (χ1) is 4.12. The lowest BCUT2D eigenvalue weighted by Gasteiger charge is -2.14. The number of nitriles is 1. The summed E-state index contributed by atoms with van der Waals surface area (Å²) in [5, 5.41) is 11.6. The van der Waals surface area contributed by atoms with Crippen molar-refractivity contribution in [3.8, 4) is 6.07 Å². The van der Waals surface area contributed by atoms with Crippen LogP contribution in [0.3, 0.4) is 0 Å². The first-order valence-electron chi connectivity index (χ1n) is 3.24. The lowest BCUT2D eigenvalue weighted by molar-refractivity contribution is 0.453. The molecule has 0 unspecified atom stereocenters. The molecule has 1 N–H and O–H groups in total. The van der Waals surface area contributed by atoms with Crippen molar-refractivity contribution in [3.05, 3.63) is 0 Å². The molecule has 2 nitrogen and oxygen atoms in total. The number of nitrogens with one attached hydrogen (secondary N) is 1. The van der Waals surface area contributed by atoms with Gasteiger partial charge in [0.1, 0.15) is 0 Å². The Bertz CT molecular complexity index is 111. The van der Waals surface area contributed by atoms with E-state index in [0.29, 0.717) is 0 Å². The summed E-state index contributed by atoms with van der Waals surface area (Å²) in [4.78, 5) is 0. The molecule has 0 radical (unpaired) electrons. The van der Waals surface area contributed by atoms with Gasteiger partial charge in [-0.3, -0.25) is 0 Å². The molecule has 0 amide bonds. The molecule has 0 atom stereocenters. The van der Waals surface area contributed by atoms with E-state index in [1.807, 2.05) is 20.8 Å². The Labute approximate surface area is 56.9 Å². The van der Waals surface area contributed by atoms with Crippen LogP contribution in [0.15, 0.2) is 0 Å². The van der Waals surface area contributed by atoms with Gasteiger partial charge in [-0.1, -0.05) is 6.92 Å². The van der Waals surface area contributed by atoms with Gasteiger partial charge in [0.05, 0.1) is 11.5 Å². The SMILES string of the molecule is CCNCC(C)(C)C#N. The van der Waals surface area contributed by atoms with Crippen LogP contribution in [0, 0.1) is 16.7 Å². The molecule has 0 saturated carbocycles. The highest BCUT2D eigenvalue weighted by Crippen LogP contribution is 2.09. The zero-order valence-corrected chi connectivity index (χ0v) is 6.36. The van der Waals surface area contributed by atoms with E-state index in [-0.39, 0.29) is 5.41 Å². The maximum Gasteiger partial charge on any atom is 0.0697 e. The summed E-state index contributed by atoms with van der Waals surface area (Å²) in [5.41, 5.74) is -0.212. The first-order valence-corrected chi connectivity index (χ1v) is 3.24. The summed E-state index contributed by atoms with van der Waals surface area (Å²) in [6.07, 6.45) is 0. The lowest BCUT2D eigenvalue weighted by atomic mass is 9.96. The van der Waals surface area contributed by atoms with Crippen LogP contribution in [-0.4, -0.2) is 13.1 Å². The second-order valence-electron chi connectivity index (χ2n) is 2.78. The van der Waals surface area contributed by atoms with Crippen molar-refractivity contribution in [2.75, 3.05) is 13.1 Å². The van der Waals surface area contributed by atoms with Crippen LogP contribution < -0.4 is 5.32 Å². The predicted octanol–water partition coefficient (Wildman–Crippen LogP) is 1.15. The number of nitrogens with zero attached hydrogens (tertiary/aromatic N) is 1. The highest BCUT2D eigenvalue weighted by molar-refractivity contribution is 4.92. The Hall–Kier alpha value is -0.550. The van der Waals surface area contributed by atoms with E-state index in [9.17, 15) is 0 Å². The third-order valence-electron chi connectivity index (χ3n) is 1.12. The van der Waals surface area contributed by atoms with Crippen molar-refractivity contribution in [2.24, 2.45) is 5.41 Å². The fourth-order valence-electron chi connectivity index (χ4n) is 0.477. The Balaban J connectivity index is 3.49. The monoisotopic (exact) mass is 126 g/mol. The van der Waals surface area contributed by atoms with Crippen molar-refractivity contribution in [2.45, 2.75) is 20.8 Å². The summed E-state index contributed by atoms with van der Waals surface area (Å²) in [7, 11) is 0. The van der Waals surface area contributed by atoms with Crippen LogP contribution in [0.1, 0.15) is 20.8 Å². The summed E-state index contributed by atoms with van der Waals surface area (Å²) >= 11 is 0. The minimum Gasteiger partial charge on any atom is -0.315 e. The molecule has 9 heavy (non-hydrogen) atoms. The molecule has 0 bridgehead atoms. The largest absolute Gasteiger partial charge is 0.315 e. The van der Waals surface area contributed by atoms with E-state index in [0.717, 1.165) is 13.1 Å². The average Bonchev–Trinajstić information content (AvgIpc) is 1.84. The molecular formula is C7H14N2. The van der Waals surface area contributed by atoms with Crippen molar-refractivity contribution in [1.82, 2.24) is 5.32 Å². The maximum atomic E-state index is 8.53. The highest BCUT2D eigenvalue weighted by atomic mass is 14.9. The second-order valence-corrected chi connectivity index (χ2v) is 2.78. The summed E-state index contributed by atoms with van der Waals surface area (Å²) in [6, 6.07) is 2.21. The van der Waals surface area contributed by atoms with E-state index in [1.54, 1.807) is 0 Å². The summed E-state index contributed by atoms with van der Waals surface area (Å²) in [6.45, 7) is 7.60. The molecule has 0 aliphatic rings. The van der Waals surface area contributed by atoms with E-state index in [1.165, 1.54) is 0 Å². The molecule has 0 aromatic rings. The van der Waals surface area contributed by atoms with E-state index in [4.69, 9.17) is 5.26 Å². The van der Waals surface area contributed by atoms with Gasteiger partial charge >= 0.3 is 0 Å². The van der Waals surface area contributed by atoms with Crippen LogP contribution >= 0.6 is 0 Å². The first kappa shape index (κ1) is 8.45. The molecule has 0 aliphatic carbocycles. The maximum absolute atomic E-state index is 8.53. The summed E-state index contributed by atoms with van der Waals surface area (Å²) in [5.74, 6) is 0. The lowest BCUT2D eigenvalue weighted by Crippen LogP contribution is -2.27. The third kappa shape index (κ3) is 3.99. The Morgan fingerprint density at radius 2 is 2.11 bits per heavy atom. The van der Waals surface area contributed by atoms with Crippen LogP contribution in [-0.2, 0) is 0 Å². The molecule has 0 aromatic carbocycles. The highest BCUT2D eigenvalue weighted by Gasteiger charge is 2.14. The quantitative estimate of drug-likeness (QED) is 0.615. The van der Waals surface area contributed by atoms with E-state index >= 15 is 0 Å². The Morgan fingerprint density at radius 3 is 2.44 bits per heavy atom. The average molecular weight is 126 g/mol. The van der Waals surface area contributed by atoms with Crippen LogP contribution in [0.25, 0.3) is 0 Å². The zero-order chi connectivity index (χ0) is 7.33. The van der Waals surface area contributed by atoms with Crippen LogP contribution in [0.4, 0.5) is 0 Å². The van der Waals surface area contributed by atoms with E-state index in [2.05, 4.69) is 11.4 Å². The molecule has 2 heteroatoms. The van der Waals surface area contributed by atoms with Crippen molar-refractivity contribution >= 4 is 0 Å². The van der Waals surface area contributed by atoms with Crippen LogP contribution in [0.2, 0.25) is 0 Å². The molecule has 0 fully saturated rings. The van der Waals surface area contributed by atoms with Crippen molar-refractivity contribution < 1.29 is 0 Å². The van der Waals surface area contributed by atoms with E-state index < -0.39 is 0 Å². The molecule has 0 saturated heterocycles. The zero-order valence-electron chi connectivity index (χ0n) is 6.36. The molecule has 52 valence electrons. The van der Waals surface area contributed by atoms with Crippen molar-refractivity contribution in [3.63, 3.8) is 0 Å². The Kier molecular flexibility index (Phi) is 3.26. The number of rotatable bonds is 3. The molecule has 0 rings (SSSR count). The minimum absolute atomic E-state index is 0.212. The third-order valence-corrected chi connectivity index (χ3v) is 1.12. The van der Waals surface area contributed by atoms with Gasteiger partial charge in [-0.2, -0.15) is 5.26 Å². The predicted molar refractivity (Wildman–Crippen MR) is 37.9 cm³/mol. The van der Waals surface area contributed by atoms with Gasteiger partial charge in [0.2, 0.25) is 0 Å². The molecule has 0 heterocycles. The number of hydrogen-bond acceptors (Lipinski definition) is 2. The Morgan fingerprint density at radius 1 is 1.56 bits per heavy atom. The van der Waals surface area contributed by atoms with Gasteiger partial charge < -0.3 is 5.32 Å². The fourth-order valence-corrected chi connectivity index (χ4v) is 0.477. The van der Waals surface area contributed by atoms with Gasteiger partial charge in [-0.05, 0) is 20.4 Å². The van der Waals surface area contributed by atoms with Gasteiger partial charge in [0.15, 0.2) is 0 Å². The normalized spacial score (nSPS) is 10.9. The standard InChI is InChI=1S/C7H14N2/c1-4-9-6-7(2,3)5-8/h9H,4,6H2,1-3H3. The molecule has 0 aliphatic heterocycles. The minimum atomic E-state index is -0.212. The van der Waals surface area contributed by atoms with Gasteiger partial charge in [-0.25, -0.2) is 0 Å².